The summed E-state index contributed by atoms with van der Waals surface area (Å²) in [4.78, 5) is 13.6. The standard InChI is InChI=1S/C14H16N2O/c1-15-13-9-10-16(11-13)14(17)8-7-12-5-3-2-4-6-12/h2-6,13,15H,9-11H2,1H3. The van der Waals surface area contributed by atoms with Gasteiger partial charge in [0.2, 0.25) is 0 Å². The van der Waals surface area contributed by atoms with E-state index < -0.39 is 0 Å². The van der Waals surface area contributed by atoms with Crippen molar-refractivity contribution in [1.82, 2.24) is 10.2 Å². The van der Waals surface area contributed by atoms with E-state index in [1.54, 1.807) is 4.90 Å². The largest absolute Gasteiger partial charge is 0.330 e. The maximum Gasteiger partial charge on any atom is 0.298 e. The minimum atomic E-state index is -0.0772. The molecule has 88 valence electrons. The number of benzene rings is 1. The normalized spacial score (nSPS) is 18.6. The Morgan fingerprint density at radius 3 is 2.82 bits per heavy atom. The van der Waals surface area contributed by atoms with Gasteiger partial charge in [0.05, 0.1) is 0 Å². The highest BCUT2D eigenvalue weighted by Crippen LogP contribution is 2.08. The maximum absolute atomic E-state index is 11.8. The summed E-state index contributed by atoms with van der Waals surface area (Å²) in [6, 6.07) is 9.99. The number of likely N-dealkylation sites (tertiary alicyclic amines) is 1. The molecule has 1 saturated heterocycles. The van der Waals surface area contributed by atoms with Gasteiger partial charge in [-0.1, -0.05) is 24.1 Å². The topological polar surface area (TPSA) is 32.3 Å². The van der Waals surface area contributed by atoms with Crippen molar-refractivity contribution >= 4 is 5.91 Å². The lowest BCUT2D eigenvalue weighted by Gasteiger charge is -2.12. The predicted molar refractivity (Wildman–Crippen MR) is 67.4 cm³/mol. The zero-order valence-corrected chi connectivity index (χ0v) is 9.94. The number of nitrogens with one attached hydrogen (secondary N) is 1. The molecule has 1 N–H and O–H groups in total. The predicted octanol–water partition coefficient (Wildman–Crippen LogP) is 0.858. The molecule has 0 saturated carbocycles. The van der Waals surface area contributed by atoms with E-state index in [4.69, 9.17) is 0 Å². The van der Waals surface area contributed by atoms with E-state index in [2.05, 4.69) is 17.2 Å². The lowest BCUT2D eigenvalue weighted by Crippen LogP contribution is -2.32. The van der Waals surface area contributed by atoms with Crippen molar-refractivity contribution in [1.29, 1.82) is 0 Å². The second-order valence-electron chi connectivity index (χ2n) is 4.14. The van der Waals surface area contributed by atoms with Gasteiger partial charge in [0.15, 0.2) is 0 Å². The molecule has 1 aromatic carbocycles. The van der Waals surface area contributed by atoms with Crippen LogP contribution in [0.1, 0.15) is 12.0 Å². The number of likely N-dealkylation sites (N-methyl/N-ethyl adjacent to an activating group) is 1. The highest BCUT2D eigenvalue weighted by atomic mass is 16.2. The molecule has 1 heterocycles. The van der Waals surface area contributed by atoms with Crippen molar-refractivity contribution in [3.8, 4) is 11.8 Å². The number of nitrogens with zero attached hydrogens (tertiary/aromatic N) is 1. The lowest BCUT2D eigenvalue weighted by molar-refractivity contribution is -0.124. The quantitative estimate of drug-likeness (QED) is 0.723. The van der Waals surface area contributed by atoms with E-state index in [9.17, 15) is 4.79 Å². The summed E-state index contributed by atoms with van der Waals surface area (Å²) in [7, 11) is 1.92. The van der Waals surface area contributed by atoms with E-state index >= 15 is 0 Å². The van der Waals surface area contributed by atoms with Crippen molar-refractivity contribution in [3.63, 3.8) is 0 Å². The number of carbonyl (C=O) groups is 1. The number of carbonyl (C=O) groups excluding carboxylic acids is 1. The molecule has 0 aliphatic carbocycles. The van der Waals surface area contributed by atoms with Gasteiger partial charge >= 0.3 is 0 Å². The fourth-order valence-corrected chi connectivity index (χ4v) is 1.91. The summed E-state index contributed by atoms with van der Waals surface area (Å²) in [6.07, 6.45) is 1.01. The molecule has 0 bridgehead atoms. The smallest absolute Gasteiger partial charge is 0.298 e. The minimum absolute atomic E-state index is 0.0772. The van der Waals surface area contributed by atoms with Crippen LogP contribution in [0.15, 0.2) is 30.3 Å². The van der Waals surface area contributed by atoms with Crippen LogP contribution in [-0.2, 0) is 4.79 Å². The lowest BCUT2D eigenvalue weighted by atomic mass is 10.2. The summed E-state index contributed by atoms with van der Waals surface area (Å²) in [5.41, 5.74) is 0.880. The van der Waals surface area contributed by atoms with E-state index in [0.29, 0.717) is 6.04 Å². The van der Waals surface area contributed by atoms with Crippen molar-refractivity contribution in [2.24, 2.45) is 0 Å². The van der Waals surface area contributed by atoms with Gasteiger partial charge in [-0.05, 0) is 25.6 Å². The third kappa shape index (κ3) is 3.08. The van der Waals surface area contributed by atoms with Crippen LogP contribution in [0, 0.1) is 11.8 Å². The first-order chi connectivity index (χ1) is 8.29. The fraction of sp³-hybridized carbons (Fsp3) is 0.357. The highest BCUT2D eigenvalue weighted by molar-refractivity contribution is 5.94. The van der Waals surface area contributed by atoms with E-state index in [-0.39, 0.29) is 5.91 Å². The fourth-order valence-electron chi connectivity index (χ4n) is 1.91. The van der Waals surface area contributed by atoms with Gasteiger partial charge in [-0.25, -0.2) is 0 Å². The van der Waals surface area contributed by atoms with Crippen molar-refractivity contribution < 1.29 is 4.79 Å². The maximum atomic E-state index is 11.8. The average Bonchev–Trinajstić information content (AvgIpc) is 2.86. The third-order valence-corrected chi connectivity index (χ3v) is 2.97. The molecule has 0 spiro atoms. The van der Waals surface area contributed by atoms with Crippen LogP contribution in [0.3, 0.4) is 0 Å². The Morgan fingerprint density at radius 1 is 1.41 bits per heavy atom. The molecule has 0 aromatic heterocycles. The van der Waals surface area contributed by atoms with Crippen molar-refractivity contribution in [2.45, 2.75) is 12.5 Å². The second-order valence-corrected chi connectivity index (χ2v) is 4.14. The van der Waals surface area contributed by atoms with Crippen LogP contribution in [-0.4, -0.2) is 37.0 Å². The van der Waals surface area contributed by atoms with E-state index in [1.807, 2.05) is 37.4 Å². The summed E-state index contributed by atoms with van der Waals surface area (Å²) in [5, 5.41) is 3.18. The summed E-state index contributed by atoms with van der Waals surface area (Å²) in [6.45, 7) is 1.56. The summed E-state index contributed by atoms with van der Waals surface area (Å²) < 4.78 is 0. The van der Waals surface area contributed by atoms with Gasteiger partial charge in [0, 0.05) is 30.6 Å². The van der Waals surface area contributed by atoms with Gasteiger partial charge in [-0.3, -0.25) is 4.79 Å². The Bertz CT molecular complexity index is 444. The molecule has 1 aliphatic heterocycles. The third-order valence-electron chi connectivity index (χ3n) is 2.97. The molecule has 17 heavy (non-hydrogen) atoms. The van der Waals surface area contributed by atoms with Gasteiger partial charge in [-0.15, -0.1) is 0 Å². The van der Waals surface area contributed by atoms with Crippen molar-refractivity contribution in [3.05, 3.63) is 35.9 Å². The van der Waals surface area contributed by atoms with Crippen LogP contribution >= 0.6 is 0 Å². The van der Waals surface area contributed by atoms with Crippen LogP contribution in [0.2, 0.25) is 0 Å². The Kier molecular flexibility index (Phi) is 3.79. The molecule has 0 radical (unpaired) electrons. The van der Waals surface area contributed by atoms with Crippen molar-refractivity contribution in [2.75, 3.05) is 20.1 Å². The van der Waals surface area contributed by atoms with Crippen LogP contribution in [0.5, 0.6) is 0 Å². The van der Waals surface area contributed by atoms with Crippen LogP contribution < -0.4 is 5.32 Å². The molecule has 1 aliphatic rings. The summed E-state index contributed by atoms with van der Waals surface area (Å²) in [5.74, 6) is 5.51. The number of amides is 1. The zero-order chi connectivity index (χ0) is 12.1. The molecule has 3 nitrogen and oxygen atoms in total. The first-order valence-corrected chi connectivity index (χ1v) is 5.83. The Morgan fingerprint density at radius 2 is 2.18 bits per heavy atom. The Balaban J connectivity index is 1.96. The molecule has 1 amide bonds. The van der Waals surface area contributed by atoms with Gasteiger partial charge < -0.3 is 10.2 Å². The molecule has 1 fully saturated rings. The zero-order valence-electron chi connectivity index (χ0n) is 9.94. The van der Waals surface area contributed by atoms with E-state index in [1.165, 1.54) is 0 Å². The minimum Gasteiger partial charge on any atom is -0.330 e. The average molecular weight is 228 g/mol. The Labute approximate surface area is 102 Å². The number of rotatable bonds is 1. The number of hydrogen-bond donors (Lipinski definition) is 1. The molecule has 1 unspecified atom stereocenters. The molecule has 3 heteroatoms. The van der Waals surface area contributed by atoms with Gasteiger partial charge in [0.1, 0.15) is 0 Å². The SMILES string of the molecule is CNC1CCN(C(=O)C#Cc2ccccc2)C1. The number of hydrogen-bond acceptors (Lipinski definition) is 2. The first kappa shape index (κ1) is 11.7. The van der Waals surface area contributed by atoms with Crippen LogP contribution in [0.25, 0.3) is 0 Å². The molecular formula is C14H16N2O. The Hall–Kier alpha value is -1.79. The van der Waals surface area contributed by atoms with Gasteiger partial charge in [-0.2, -0.15) is 0 Å². The van der Waals surface area contributed by atoms with Crippen LogP contribution in [0.4, 0.5) is 0 Å². The van der Waals surface area contributed by atoms with Gasteiger partial charge in [0.25, 0.3) is 5.91 Å². The second kappa shape index (κ2) is 5.51. The monoisotopic (exact) mass is 228 g/mol. The highest BCUT2D eigenvalue weighted by Gasteiger charge is 2.23. The first-order valence-electron chi connectivity index (χ1n) is 5.83. The molecule has 1 atom stereocenters. The molecule has 1 aromatic rings. The molecular weight excluding hydrogens is 212 g/mol. The van der Waals surface area contributed by atoms with E-state index in [0.717, 1.165) is 25.1 Å². The molecule has 2 rings (SSSR count). The summed E-state index contributed by atoms with van der Waals surface area (Å²) >= 11 is 0.